The van der Waals surface area contributed by atoms with Crippen LogP contribution in [0.15, 0.2) is 0 Å². The first-order valence-corrected chi connectivity index (χ1v) is 11.4. The minimum absolute atomic E-state index is 0.456. The number of nitrogens with one attached hydrogen (secondary N) is 2. The molecule has 4 N–H and O–H groups in total. The van der Waals surface area contributed by atoms with Crippen molar-refractivity contribution in [1.29, 1.82) is 0 Å². The van der Waals surface area contributed by atoms with Crippen LogP contribution in [-0.4, -0.2) is 77.1 Å². The van der Waals surface area contributed by atoms with E-state index in [4.69, 9.17) is 32.4 Å². The molecule has 2 aromatic rings. The number of aryl methyl sites for hydroxylation is 3. The predicted octanol–water partition coefficient (Wildman–Crippen LogP) is 1.35. The van der Waals surface area contributed by atoms with Gasteiger partial charge in [0.2, 0.25) is 0 Å². The standard InChI is InChI=1S/C21H35N7O2S/c1-4-29-14-17-26-18-19(15(2)16(3)25-20(18)22)28(17)8-5-6-23-21(31)24-7-9-27-10-12-30-13-11-27/h4-14H2,1-3H3,(H2,22,25)(H2,23,24,31). The van der Waals surface area contributed by atoms with E-state index >= 15 is 0 Å². The van der Waals surface area contributed by atoms with Gasteiger partial charge in [0, 0.05) is 51.6 Å². The van der Waals surface area contributed by atoms with E-state index in [0.29, 0.717) is 24.1 Å². The number of nitrogens with two attached hydrogens (primary N) is 1. The topological polar surface area (TPSA) is 102 Å². The Labute approximate surface area is 189 Å². The van der Waals surface area contributed by atoms with Gasteiger partial charge in [-0.15, -0.1) is 0 Å². The van der Waals surface area contributed by atoms with Gasteiger partial charge in [0.15, 0.2) is 10.9 Å². The Morgan fingerprint density at radius 1 is 1.16 bits per heavy atom. The van der Waals surface area contributed by atoms with Gasteiger partial charge in [-0.1, -0.05) is 0 Å². The summed E-state index contributed by atoms with van der Waals surface area (Å²) in [6, 6.07) is 0. The summed E-state index contributed by atoms with van der Waals surface area (Å²) < 4.78 is 13.2. The van der Waals surface area contributed by atoms with Crippen LogP contribution in [0, 0.1) is 13.8 Å². The molecule has 0 unspecified atom stereocenters. The van der Waals surface area contributed by atoms with Crippen LogP contribution >= 0.6 is 12.2 Å². The van der Waals surface area contributed by atoms with Crippen molar-refractivity contribution in [1.82, 2.24) is 30.1 Å². The average Bonchev–Trinajstić information content (AvgIpc) is 3.13. The summed E-state index contributed by atoms with van der Waals surface area (Å²) in [6.45, 7) is 14.1. The maximum Gasteiger partial charge on any atom is 0.166 e. The maximum absolute atomic E-state index is 6.16. The SMILES string of the molecule is CCOCc1nc2c(N)nc(C)c(C)c2n1CCCNC(=S)NCCN1CCOCC1. The van der Waals surface area contributed by atoms with Gasteiger partial charge < -0.3 is 30.4 Å². The van der Waals surface area contributed by atoms with Crippen LogP contribution in [0.2, 0.25) is 0 Å². The molecule has 0 aromatic carbocycles. The van der Waals surface area contributed by atoms with Crippen molar-refractivity contribution in [2.24, 2.45) is 0 Å². The average molecular weight is 450 g/mol. The van der Waals surface area contributed by atoms with Gasteiger partial charge in [0.05, 0.1) is 18.7 Å². The molecule has 172 valence electrons. The van der Waals surface area contributed by atoms with E-state index in [9.17, 15) is 0 Å². The van der Waals surface area contributed by atoms with Crippen LogP contribution in [-0.2, 0) is 22.6 Å². The van der Waals surface area contributed by atoms with Gasteiger partial charge in [0.1, 0.15) is 17.9 Å². The van der Waals surface area contributed by atoms with E-state index in [1.54, 1.807) is 0 Å². The van der Waals surface area contributed by atoms with Crippen LogP contribution in [0.25, 0.3) is 11.0 Å². The number of hydrogen-bond donors (Lipinski definition) is 3. The number of nitrogen functional groups attached to an aromatic ring is 1. The molecule has 9 nitrogen and oxygen atoms in total. The molecular formula is C21H35N7O2S. The second-order valence-electron chi connectivity index (χ2n) is 7.71. The highest BCUT2D eigenvalue weighted by Gasteiger charge is 2.17. The molecule has 0 radical (unpaired) electrons. The Kier molecular flexibility index (Phi) is 8.82. The highest BCUT2D eigenvalue weighted by Crippen LogP contribution is 2.26. The molecule has 3 heterocycles. The normalized spacial score (nSPS) is 14.8. The lowest BCUT2D eigenvalue weighted by atomic mass is 10.2. The first-order chi connectivity index (χ1) is 15.0. The monoisotopic (exact) mass is 449 g/mol. The molecule has 2 aromatic heterocycles. The Morgan fingerprint density at radius 3 is 2.65 bits per heavy atom. The van der Waals surface area contributed by atoms with Crippen molar-refractivity contribution in [3.8, 4) is 0 Å². The van der Waals surface area contributed by atoms with Gasteiger partial charge in [-0.3, -0.25) is 4.90 Å². The summed E-state index contributed by atoms with van der Waals surface area (Å²) in [7, 11) is 0. The lowest BCUT2D eigenvalue weighted by molar-refractivity contribution is 0.0389. The lowest BCUT2D eigenvalue weighted by Gasteiger charge is -2.26. The van der Waals surface area contributed by atoms with Crippen molar-refractivity contribution in [2.75, 3.05) is 58.3 Å². The van der Waals surface area contributed by atoms with Gasteiger partial charge in [-0.25, -0.2) is 9.97 Å². The summed E-state index contributed by atoms with van der Waals surface area (Å²) in [5, 5.41) is 7.29. The van der Waals surface area contributed by atoms with Gasteiger partial charge in [-0.2, -0.15) is 0 Å². The smallest absolute Gasteiger partial charge is 0.166 e. The third kappa shape index (κ3) is 6.25. The van der Waals surface area contributed by atoms with Crippen molar-refractivity contribution < 1.29 is 9.47 Å². The van der Waals surface area contributed by atoms with Gasteiger partial charge in [-0.05, 0) is 45.0 Å². The summed E-state index contributed by atoms with van der Waals surface area (Å²) in [6.07, 6.45) is 0.899. The fourth-order valence-corrected chi connectivity index (χ4v) is 3.95. The molecule has 1 aliphatic heterocycles. The molecule has 3 rings (SSSR count). The number of rotatable bonds is 10. The molecule has 10 heteroatoms. The van der Waals surface area contributed by atoms with Crippen LogP contribution in [0.5, 0.6) is 0 Å². The summed E-state index contributed by atoms with van der Waals surface area (Å²) in [5.74, 6) is 1.35. The Balaban J connectivity index is 1.53. The molecule has 1 saturated heterocycles. The fourth-order valence-electron chi connectivity index (χ4n) is 3.75. The zero-order valence-electron chi connectivity index (χ0n) is 18.9. The van der Waals surface area contributed by atoms with E-state index in [1.807, 2.05) is 13.8 Å². The highest BCUT2D eigenvalue weighted by atomic mass is 32.1. The summed E-state index contributed by atoms with van der Waals surface area (Å²) in [5.41, 5.74) is 9.99. The molecule has 1 aliphatic rings. The molecule has 0 amide bonds. The first-order valence-electron chi connectivity index (χ1n) is 11.0. The number of morpholine rings is 1. The van der Waals surface area contributed by atoms with E-state index in [2.05, 4.69) is 32.0 Å². The number of thiocarbonyl (C=S) groups is 1. The van der Waals surface area contributed by atoms with Gasteiger partial charge in [0.25, 0.3) is 0 Å². The zero-order chi connectivity index (χ0) is 22.2. The second-order valence-corrected chi connectivity index (χ2v) is 8.12. The fraction of sp³-hybridized carbons (Fsp3) is 0.667. The molecule has 31 heavy (non-hydrogen) atoms. The number of anilines is 1. The van der Waals surface area contributed by atoms with E-state index in [0.717, 1.165) is 87.0 Å². The van der Waals surface area contributed by atoms with Crippen LogP contribution in [0.4, 0.5) is 5.82 Å². The minimum atomic E-state index is 0.456. The first kappa shape index (κ1) is 23.6. The van der Waals surface area contributed by atoms with Crippen molar-refractivity contribution >= 4 is 34.2 Å². The lowest BCUT2D eigenvalue weighted by Crippen LogP contribution is -2.43. The Hall–Kier alpha value is -2.01. The second kappa shape index (κ2) is 11.6. The summed E-state index contributed by atoms with van der Waals surface area (Å²) in [4.78, 5) is 11.5. The van der Waals surface area contributed by atoms with Crippen molar-refractivity contribution in [3.05, 3.63) is 17.1 Å². The molecular weight excluding hydrogens is 414 g/mol. The number of pyridine rings is 1. The molecule has 0 saturated carbocycles. The van der Waals surface area contributed by atoms with E-state index in [1.165, 1.54) is 0 Å². The predicted molar refractivity (Wildman–Crippen MR) is 127 cm³/mol. The van der Waals surface area contributed by atoms with Crippen LogP contribution < -0.4 is 16.4 Å². The third-order valence-corrected chi connectivity index (χ3v) is 5.86. The van der Waals surface area contributed by atoms with Gasteiger partial charge >= 0.3 is 0 Å². The Morgan fingerprint density at radius 2 is 1.90 bits per heavy atom. The molecule has 0 atom stereocenters. The minimum Gasteiger partial charge on any atom is -0.382 e. The molecule has 0 aliphatic carbocycles. The van der Waals surface area contributed by atoms with Crippen molar-refractivity contribution in [3.63, 3.8) is 0 Å². The molecule has 0 bridgehead atoms. The zero-order valence-corrected chi connectivity index (χ0v) is 19.7. The van der Waals surface area contributed by atoms with E-state index in [-0.39, 0.29) is 0 Å². The third-order valence-electron chi connectivity index (χ3n) is 5.57. The van der Waals surface area contributed by atoms with E-state index < -0.39 is 0 Å². The Bertz CT molecular complexity index is 880. The highest BCUT2D eigenvalue weighted by molar-refractivity contribution is 7.80. The summed E-state index contributed by atoms with van der Waals surface area (Å²) >= 11 is 5.42. The molecule has 0 spiro atoms. The number of hydrogen-bond acceptors (Lipinski definition) is 7. The number of ether oxygens (including phenoxy) is 2. The quantitative estimate of drug-likeness (QED) is 0.366. The molecule has 1 fully saturated rings. The number of nitrogens with zero attached hydrogens (tertiary/aromatic N) is 4. The van der Waals surface area contributed by atoms with Crippen LogP contribution in [0.3, 0.4) is 0 Å². The largest absolute Gasteiger partial charge is 0.382 e. The van der Waals surface area contributed by atoms with Crippen molar-refractivity contribution in [2.45, 2.75) is 40.3 Å². The number of aromatic nitrogens is 3. The number of fused-ring (bicyclic) bond motifs is 1. The maximum atomic E-state index is 6.16. The van der Waals surface area contributed by atoms with Crippen LogP contribution in [0.1, 0.15) is 30.4 Å². The number of imidazole rings is 1.